The summed E-state index contributed by atoms with van der Waals surface area (Å²) >= 11 is 1.26. The number of carbonyl (C=O) groups excluding carboxylic acids is 1. The van der Waals surface area contributed by atoms with E-state index in [1.165, 1.54) is 35.6 Å². The van der Waals surface area contributed by atoms with Gasteiger partial charge in [-0.3, -0.25) is 9.78 Å². The van der Waals surface area contributed by atoms with Crippen LogP contribution >= 0.6 is 11.3 Å². The van der Waals surface area contributed by atoms with Crippen molar-refractivity contribution in [2.24, 2.45) is 5.73 Å². The second-order valence-electron chi connectivity index (χ2n) is 7.06. The Labute approximate surface area is 194 Å². The topological polar surface area (TPSA) is 92.9 Å². The van der Waals surface area contributed by atoms with Gasteiger partial charge in [-0.25, -0.2) is 0 Å². The van der Waals surface area contributed by atoms with Crippen LogP contribution in [0.2, 0.25) is 0 Å². The highest BCUT2D eigenvalue weighted by Crippen LogP contribution is 2.31. The van der Waals surface area contributed by atoms with Crippen molar-refractivity contribution in [2.45, 2.75) is 19.5 Å². The predicted molar refractivity (Wildman–Crippen MR) is 121 cm³/mol. The molecule has 33 heavy (non-hydrogen) atoms. The number of halogens is 2. The Morgan fingerprint density at radius 2 is 1.76 bits per heavy atom. The van der Waals surface area contributed by atoms with Crippen molar-refractivity contribution in [1.29, 1.82) is 0 Å². The largest absolute Gasteiger partial charge is 0.489 e. The first-order chi connectivity index (χ1) is 15.9. The molecule has 1 aromatic carbocycles. The number of hydrogen-bond acceptors (Lipinski definition) is 7. The van der Waals surface area contributed by atoms with E-state index in [1.807, 2.05) is 6.92 Å². The number of aromatic nitrogens is 1. The summed E-state index contributed by atoms with van der Waals surface area (Å²) < 4.78 is 50.7. The number of fused-ring (bicyclic) bond motifs is 1. The molecule has 0 atom stereocenters. The van der Waals surface area contributed by atoms with Crippen molar-refractivity contribution < 1.29 is 32.5 Å². The minimum absolute atomic E-state index is 0.0720. The third-order valence-electron chi connectivity index (χ3n) is 4.67. The predicted octanol–water partition coefficient (Wildman–Crippen LogP) is 4.14. The van der Waals surface area contributed by atoms with Crippen LogP contribution in [0, 0.1) is 0 Å². The smallest absolute Gasteiger partial charge is 0.296 e. The molecule has 0 bridgehead atoms. The molecule has 0 spiro atoms. The average molecular weight is 481 g/mol. The van der Waals surface area contributed by atoms with Gasteiger partial charge in [0.15, 0.2) is 0 Å². The number of alkyl halides is 2. The highest BCUT2D eigenvalue weighted by molar-refractivity contribution is 7.20. The second kappa shape index (κ2) is 12.0. The van der Waals surface area contributed by atoms with Crippen molar-refractivity contribution in [3.63, 3.8) is 0 Å². The molecule has 7 nitrogen and oxygen atoms in total. The molecular formula is C23H26F2N2O5S. The van der Waals surface area contributed by atoms with Crippen molar-refractivity contribution in [3.05, 3.63) is 58.7 Å². The van der Waals surface area contributed by atoms with Gasteiger partial charge in [0.2, 0.25) is 0 Å². The molecule has 2 heterocycles. The van der Waals surface area contributed by atoms with Crippen LogP contribution in [0.3, 0.4) is 0 Å². The third kappa shape index (κ3) is 7.16. The van der Waals surface area contributed by atoms with Gasteiger partial charge >= 0.3 is 0 Å². The van der Waals surface area contributed by atoms with Crippen molar-refractivity contribution in [2.75, 3.05) is 39.6 Å². The van der Waals surface area contributed by atoms with Crippen LogP contribution in [0.4, 0.5) is 8.78 Å². The SMILES string of the molecule is CCOCCOCCOCC(F)(F)c1ccc(OCc2cncc3sc(C(N)=O)cc23)cc1. The molecule has 0 aliphatic rings. The van der Waals surface area contributed by atoms with E-state index in [4.69, 9.17) is 24.7 Å². The molecular weight excluding hydrogens is 454 g/mol. The van der Waals surface area contributed by atoms with Crippen LogP contribution in [-0.4, -0.2) is 50.5 Å². The fourth-order valence-corrected chi connectivity index (χ4v) is 3.90. The Bertz CT molecular complexity index is 1040. The highest BCUT2D eigenvalue weighted by Gasteiger charge is 2.31. The van der Waals surface area contributed by atoms with Crippen molar-refractivity contribution >= 4 is 27.3 Å². The number of nitrogens with two attached hydrogens (primary N) is 1. The van der Waals surface area contributed by atoms with Crippen molar-refractivity contribution in [1.82, 2.24) is 4.98 Å². The number of thiophene rings is 1. The molecule has 0 unspecified atom stereocenters. The first-order valence-corrected chi connectivity index (χ1v) is 11.2. The van der Waals surface area contributed by atoms with E-state index in [1.54, 1.807) is 18.5 Å². The van der Waals surface area contributed by atoms with Gasteiger partial charge < -0.3 is 24.7 Å². The summed E-state index contributed by atoms with van der Waals surface area (Å²) in [5.74, 6) is -3.21. The Balaban J connectivity index is 1.49. The number of nitrogens with zero attached hydrogens (tertiary/aromatic N) is 1. The van der Waals surface area contributed by atoms with Crippen molar-refractivity contribution in [3.8, 4) is 5.75 Å². The maximum atomic E-state index is 14.4. The van der Waals surface area contributed by atoms with E-state index >= 15 is 0 Å². The molecule has 0 fully saturated rings. The zero-order valence-corrected chi connectivity index (χ0v) is 19.0. The van der Waals surface area contributed by atoms with E-state index in [0.29, 0.717) is 30.4 Å². The summed E-state index contributed by atoms with van der Waals surface area (Å²) in [6, 6.07) is 7.29. The molecule has 0 saturated heterocycles. The molecule has 2 N–H and O–H groups in total. The maximum Gasteiger partial charge on any atom is 0.296 e. The number of hydrogen-bond donors (Lipinski definition) is 1. The van der Waals surface area contributed by atoms with Gasteiger partial charge in [-0.1, -0.05) is 0 Å². The lowest BCUT2D eigenvalue weighted by molar-refractivity contribution is -0.0920. The number of amides is 1. The molecule has 0 radical (unpaired) electrons. The van der Waals surface area contributed by atoms with Crippen LogP contribution < -0.4 is 10.5 Å². The van der Waals surface area contributed by atoms with E-state index in [9.17, 15) is 13.6 Å². The first kappa shape index (κ1) is 25.0. The minimum Gasteiger partial charge on any atom is -0.489 e. The monoisotopic (exact) mass is 480 g/mol. The molecule has 178 valence electrons. The standard InChI is InChI=1S/C23H26F2N2O5S/c1-2-29-7-8-30-9-10-31-15-23(24,25)17-3-5-18(6-4-17)32-14-16-12-27-13-21-19(16)11-20(33-21)22(26)28/h3-6,11-13H,2,7-10,14-15H2,1H3,(H2,26,28). The number of ether oxygens (including phenoxy) is 4. The number of rotatable bonds is 14. The molecule has 3 aromatic rings. The van der Waals surface area contributed by atoms with Crippen LogP contribution in [0.15, 0.2) is 42.7 Å². The van der Waals surface area contributed by atoms with E-state index < -0.39 is 18.4 Å². The second-order valence-corrected chi connectivity index (χ2v) is 8.15. The Hall–Kier alpha value is -2.66. The van der Waals surface area contributed by atoms with Gasteiger partial charge in [0, 0.05) is 35.5 Å². The maximum absolute atomic E-state index is 14.4. The van der Waals surface area contributed by atoms with Gasteiger partial charge in [-0.05, 0) is 37.3 Å². The van der Waals surface area contributed by atoms with E-state index in [-0.39, 0.29) is 25.4 Å². The van der Waals surface area contributed by atoms with Gasteiger partial charge in [0.25, 0.3) is 11.8 Å². The number of benzene rings is 1. The molecule has 2 aromatic heterocycles. The number of pyridine rings is 1. The Morgan fingerprint density at radius 1 is 1.06 bits per heavy atom. The quantitative estimate of drug-likeness (QED) is 0.349. The van der Waals surface area contributed by atoms with E-state index in [0.717, 1.165) is 15.6 Å². The first-order valence-electron chi connectivity index (χ1n) is 10.4. The highest BCUT2D eigenvalue weighted by atomic mass is 32.1. The van der Waals surface area contributed by atoms with Gasteiger partial charge in [-0.2, -0.15) is 8.78 Å². The number of carbonyl (C=O) groups is 1. The summed E-state index contributed by atoms with van der Waals surface area (Å²) in [6.07, 6.45) is 3.29. The summed E-state index contributed by atoms with van der Waals surface area (Å²) in [5.41, 5.74) is 5.95. The summed E-state index contributed by atoms with van der Waals surface area (Å²) in [5, 5.41) is 0.825. The Morgan fingerprint density at radius 3 is 2.45 bits per heavy atom. The van der Waals surface area contributed by atoms with Crippen LogP contribution in [-0.2, 0) is 26.7 Å². The van der Waals surface area contributed by atoms with Crippen LogP contribution in [0.5, 0.6) is 5.75 Å². The van der Waals surface area contributed by atoms with Gasteiger partial charge in [0.05, 0.1) is 36.0 Å². The van der Waals surface area contributed by atoms with Crippen LogP contribution in [0.1, 0.15) is 27.7 Å². The normalized spacial score (nSPS) is 11.7. The average Bonchev–Trinajstić information content (AvgIpc) is 3.25. The number of primary amides is 1. The molecule has 10 heteroatoms. The molecule has 3 rings (SSSR count). The molecule has 0 aliphatic heterocycles. The van der Waals surface area contributed by atoms with Gasteiger partial charge in [-0.15, -0.1) is 11.3 Å². The van der Waals surface area contributed by atoms with Gasteiger partial charge in [0.1, 0.15) is 19.0 Å². The zero-order valence-electron chi connectivity index (χ0n) is 18.2. The van der Waals surface area contributed by atoms with Crippen LogP contribution in [0.25, 0.3) is 10.1 Å². The fourth-order valence-electron chi connectivity index (χ4n) is 2.97. The fraction of sp³-hybridized carbons (Fsp3) is 0.391. The summed E-state index contributed by atoms with van der Waals surface area (Å²) in [6.45, 7) is 3.08. The van der Waals surface area contributed by atoms with E-state index in [2.05, 4.69) is 4.98 Å². The summed E-state index contributed by atoms with van der Waals surface area (Å²) in [4.78, 5) is 16.0. The third-order valence-corrected chi connectivity index (χ3v) is 5.76. The lowest BCUT2D eigenvalue weighted by Gasteiger charge is -2.17. The molecule has 0 saturated carbocycles. The Kier molecular flexibility index (Phi) is 9.07. The molecule has 0 aliphatic carbocycles. The lowest BCUT2D eigenvalue weighted by Crippen LogP contribution is -2.22. The zero-order chi connectivity index (χ0) is 23.7. The lowest BCUT2D eigenvalue weighted by atomic mass is 10.1. The molecule has 1 amide bonds. The summed E-state index contributed by atoms with van der Waals surface area (Å²) in [7, 11) is 0. The minimum atomic E-state index is -3.14.